The van der Waals surface area contributed by atoms with Gasteiger partial charge in [0.25, 0.3) is 0 Å². The minimum Gasteiger partial charge on any atom is -0.470 e. The summed E-state index contributed by atoms with van der Waals surface area (Å²) >= 11 is 0. The Labute approximate surface area is 194 Å². The number of fused-ring (bicyclic) bond motifs is 2. The van der Waals surface area contributed by atoms with Crippen LogP contribution in [0.1, 0.15) is 5.56 Å². The summed E-state index contributed by atoms with van der Waals surface area (Å²) in [5.74, 6) is -0.00338. The molecule has 0 aliphatic carbocycles. The molecule has 0 spiro atoms. The molecule has 0 saturated carbocycles. The van der Waals surface area contributed by atoms with E-state index in [2.05, 4.69) is 20.9 Å². The zero-order valence-electron chi connectivity index (χ0n) is 18.2. The highest BCUT2D eigenvalue weighted by Crippen LogP contribution is 2.33. The second-order valence-electron chi connectivity index (χ2n) is 8.65. The van der Waals surface area contributed by atoms with Crippen molar-refractivity contribution in [2.24, 2.45) is 0 Å². The summed E-state index contributed by atoms with van der Waals surface area (Å²) < 4.78 is 37.7. The van der Waals surface area contributed by atoms with E-state index >= 15 is 4.39 Å². The maximum atomic E-state index is 15.2. The van der Waals surface area contributed by atoms with Crippen molar-refractivity contribution in [3.63, 3.8) is 0 Å². The number of benzene rings is 1. The Balaban J connectivity index is 1.29. The van der Waals surface area contributed by atoms with Crippen molar-refractivity contribution in [2.45, 2.75) is 24.4 Å². The van der Waals surface area contributed by atoms with Gasteiger partial charge in [-0.2, -0.15) is 5.26 Å². The Kier molecular flexibility index (Phi) is 5.34. The van der Waals surface area contributed by atoms with Crippen molar-refractivity contribution in [1.29, 1.82) is 5.26 Å². The maximum Gasteiger partial charge on any atom is 0.193 e. The molecule has 6 rings (SSSR count). The molecule has 0 amide bonds. The molecule has 34 heavy (non-hydrogen) atoms. The molecule has 4 atom stereocenters. The fourth-order valence-corrected chi connectivity index (χ4v) is 4.81. The summed E-state index contributed by atoms with van der Waals surface area (Å²) in [6, 6.07) is 10.5. The zero-order chi connectivity index (χ0) is 23.2. The highest BCUT2D eigenvalue weighted by atomic mass is 19.1. The molecule has 2 N–H and O–H groups in total. The maximum absolute atomic E-state index is 15.2. The van der Waals surface area contributed by atoms with Gasteiger partial charge in [0.2, 0.25) is 0 Å². The number of nitrogens with one attached hydrogen (secondary N) is 1. The summed E-state index contributed by atoms with van der Waals surface area (Å²) in [5.41, 5.74) is 2.72. The lowest BCUT2D eigenvalue weighted by Crippen LogP contribution is -2.36. The van der Waals surface area contributed by atoms with Gasteiger partial charge < -0.3 is 33.9 Å². The molecule has 5 heterocycles. The van der Waals surface area contributed by atoms with Crippen molar-refractivity contribution in [1.82, 2.24) is 9.97 Å². The van der Waals surface area contributed by atoms with Gasteiger partial charge in [0.1, 0.15) is 30.2 Å². The normalized spacial score (nSPS) is 26.6. The van der Waals surface area contributed by atoms with Crippen LogP contribution in [0.5, 0.6) is 5.88 Å². The number of anilines is 1. The Hall–Kier alpha value is -3.23. The number of hydrogen-bond acceptors (Lipinski definition) is 8. The van der Waals surface area contributed by atoms with Crippen LogP contribution in [0.2, 0.25) is 0 Å². The Morgan fingerprint density at radius 1 is 1.15 bits per heavy atom. The lowest BCUT2D eigenvalue weighted by molar-refractivity contribution is 0.00794. The predicted octanol–water partition coefficient (Wildman–Crippen LogP) is 1.98. The third kappa shape index (κ3) is 3.67. The van der Waals surface area contributed by atoms with Gasteiger partial charge in [0, 0.05) is 30.4 Å². The van der Waals surface area contributed by atoms with E-state index < -0.39 is 18.0 Å². The first kappa shape index (κ1) is 21.3. The van der Waals surface area contributed by atoms with E-state index in [-0.39, 0.29) is 35.6 Å². The Morgan fingerprint density at radius 2 is 1.97 bits per heavy atom. The first-order valence-corrected chi connectivity index (χ1v) is 11.2. The van der Waals surface area contributed by atoms with E-state index in [4.69, 9.17) is 18.9 Å². The van der Waals surface area contributed by atoms with Crippen LogP contribution in [0, 0.1) is 17.1 Å². The second-order valence-corrected chi connectivity index (χ2v) is 8.65. The molecule has 1 aromatic carbocycles. The largest absolute Gasteiger partial charge is 0.470 e. The molecule has 0 bridgehead atoms. The van der Waals surface area contributed by atoms with Crippen LogP contribution in [0.3, 0.4) is 0 Å². The molecular weight excluding hydrogens is 443 g/mol. The van der Waals surface area contributed by atoms with E-state index in [1.54, 1.807) is 18.2 Å². The number of ether oxygens (including phenoxy) is 4. The summed E-state index contributed by atoms with van der Waals surface area (Å²) in [6.45, 7) is 3.14. The molecule has 10 heteroatoms. The number of aliphatic hydroxyl groups excluding tert-OH is 1. The van der Waals surface area contributed by atoms with E-state index in [1.807, 2.05) is 6.07 Å². The first-order chi connectivity index (χ1) is 16.6. The minimum absolute atomic E-state index is 0.216. The van der Waals surface area contributed by atoms with Crippen molar-refractivity contribution in [3.8, 4) is 23.2 Å². The molecule has 3 aliphatic heterocycles. The number of nitriles is 1. The third-order valence-corrected chi connectivity index (χ3v) is 6.54. The van der Waals surface area contributed by atoms with E-state index in [0.717, 1.165) is 5.69 Å². The predicted molar refractivity (Wildman–Crippen MR) is 119 cm³/mol. The van der Waals surface area contributed by atoms with E-state index in [0.29, 0.717) is 49.8 Å². The standard InChI is InChI=1S/C24H23FN4O5/c25-16-8-14(29-3-5-31-6-4-29)1-2-15(16)22-13(10-26)7-17-18(28-22)9-21(27-17)34-20-12-33-23-19(30)11-32-24(20)23/h1-2,7-9,19-20,23-24,27,30H,3-6,11-12H2/t19-,20-,23-,24-/m1/s1. The van der Waals surface area contributed by atoms with Gasteiger partial charge in [0.15, 0.2) is 12.0 Å². The van der Waals surface area contributed by atoms with Gasteiger partial charge >= 0.3 is 0 Å². The number of rotatable bonds is 4. The first-order valence-electron chi connectivity index (χ1n) is 11.2. The van der Waals surface area contributed by atoms with Crippen molar-refractivity contribution in [2.75, 3.05) is 44.4 Å². The quantitative estimate of drug-likeness (QED) is 0.600. The number of halogens is 1. The topological polar surface area (TPSA) is 113 Å². The highest BCUT2D eigenvalue weighted by Gasteiger charge is 2.48. The van der Waals surface area contributed by atoms with Gasteiger partial charge in [-0.05, 0) is 24.3 Å². The Bertz CT molecular complexity index is 1270. The van der Waals surface area contributed by atoms with Crippen LogP contribution in [-0.2, 0) is 14.2 Å². The highest BCUT2D eigenvalue weighted by molar-refractivity contribution is 5.84. The molecule has 176 valence electrons. The fraction of sp³-hybridized carbons (Fsp3) is 0.417. The molecule has 9 nitrogen and oxygen atoms in total. The number of aliphatic hydroxyl groups is 1. The van der Waals surface area contributed by atoms with Crippen LogP contribution in [0.25, 0.3) is 22.3 Å². The summed E-state index contributed by atoms with van der Waals surface area (Å²) in [6.07, 6.45) is -1.78. The molecule has 3 aromatic rings. The van der Waals surface area contributed by atoms with Gasteiger partial charge in [0.05, 0.1) is 48.7 Å². The summed E-state index contributed by atoms with van der Waals surface area (Å²) in [4.78, 5) is 9.76. The number of nitrogens with zero attached hydrogens (tertiary/aromatic N) is 3. The van der Waals surface area contributed by atoms with Crippen LogP contribution in [0.4, 0.5) is 10.1 Å². The third-order valence-electron chi connectivity index (χ3n) is 6.54. The average molecular weight is 466 g/mol. The molecule has 3 saturated heterocycles. The van der Waals surface area contributed by atoms with Gasteiger partial charge in [-0.1, -0.05) is 0 Å². The van der Waals surface area contributed by atoms with Crippen molar-refractivity contribution >= 4 is 16.7 Å². The van der Waals surface area contributed by atoms with E-state index in [9.17, 15) is 10.4 Å². The lowest BCUT2D eigenvalue weighted by atomic mass is 10.0. The zero-order valence-corrected chi connectivity index (χ0v) is 18.2. The van der Waals surface area contributed by atoms with Gasteiger partial charge in [-0.15, -0.1) is 0 Å². The average Bonchev–Trinajstić information content (AvgIpc) is 3.55. The molecular formula is C24H23FN4O5. The molecule has 0 radical (unpaired) electrons. The number of morpholine rings is 1. The number of pyridine rings is 1. The van der Waals surface area contributed by atoms with E-state index in [1.165, 1.54) is 6.07 Å². The van der Waals surface area contributed by atoms with Crippen LogP contribution < -0.4 is 9.64 Å². The molecule has 2 aromatic heterocycles. The second kappa shape index (κ2) is 8.52. The molecule has 0 unspecified atom stereocenters. The Morgan fingerprint density at radius 3 is 2.76 bits per heavy atom. The number of H-pyrrole nitrogens is 1. The molecule has 3 aliphatic rings. The van der Waals surface area contributed by atoms with Crippen LogP contribution in [0.15, 0.2) is 30.3 Å². The van der Waals surface area contributed by atoms with Gasteiger partial charge in [-0.3, -0.25) is 0 Å². The SMILES string of the molecule is N#Cc1cc2[nH]c(O[C@@H]3CO[C@H]4[C@@H]3OC[C@H]4O)cc2nc1-c1ccc(N2CCOCC2)cc1F. The minimum atomic E-state index is -0.659. The van der Waals surface area contributed by atoms with Crippen LogP contribution in [-0.4, -0.2) is 79.0 Å². The number of aromatic amines is 1. The summed E-state index contributed by atoms with van der Waals surface area (Å²) in [5, 5.41) is 19.6. The van der Waals surface area contributed by atoms with Crippen molar-refractivity contribution in [3.05, 3.63) is 41.7 Å². The van der Waals surface area contributed by atoms with Gasteiger partial charge in [-0.25, -0.2) is 9.37 Å². The number of aromatic nitrogens is 2. The molecule has 3 fully saturated rings. The number of hydrogen-bond donors (Lipinski definition) is 2. The van der Waals surface area contributed by atoms with Crippen molar-refractivity contribution < 1.29 is 28.4 Å². The fourth-order valence-electron chi connectivity index (χ4n) is 4.81. The monoisotopic (exact) mass is 466 g/mol. The van der Waals surface area contributed by atoms with Crippen LogP contribution >= 0.6 is 0 Å². The lowest BCUT2D eigenvalue weighted by Gasteiger charge is -2.29. The smallest absolute Gasteiger partial charge is 0.193 e. The summed E-state index contributed by atoms with van der Waals surface area (Å²) in [7, 11) is 0.